The molecule has 0 atom stereocenters. The van der Waals surface area contributed by atoms with Crippen molar-refractivity contribution in [1.82, 2.24) is 0 Å². The van der Waals surface area contributed by atoms with Gasteiger partial charge in [0.1, 0.15) is 0 Å². The number of nitrogens with two attached hydrogens (primary N) is 1. The Morgan fingerprint density at radius 1 is 1.00 bits per heavy atom. The molecule has 2 heteroatoms. The highest BCUT2D eigenvalue weighted by atomic mass is 15.1. The molecule has 0 aromatic heterocycles. The third-order valence-electron chi connectivity index (χ3n) is 3.15. The number of benzene rings is 2. The molecule has 0 bridgehead atoms. The second-order valence-electron chi connectivity index (χ2n) is 4.90. The Labute approximate surface area is 109 Å². The number of nitrogens with zero attached hydrogens (tertiary/aromatic N) is 1. The van der Waals surface area contributed by atoms with E-state index < -0.39 is 0 Å². The van der Waals surface area contributed by atoms with Gasteiger partial charge < -0.3 is 10.6 Å². The normalized spacial score (nSPS) is 10.4. The molecule has 0 aliphatic carbocycles. The van der Waals surface area contributed by atoms with E-state index in [9.17, 15) is 0 Å². The molecule has 2 nitrogen and oxygen atoms in total. The third-order valence-corrected chi connectivity index (χ3v) is 3.15. The van der Waals surface area contributed by atoms with Crippen LogP contribution in [0.4, 0.5) is 11.4 Å². The van der Waals surface area contributed by atoms with Gasteiger partial charge in [0, 0.05) is 25.0 Å². The lowest BCUT2D eigenvalue weighted by molar-refractivity contribution is 0.923. The van der Waals surface area contributed by atoms with E-state index in [1.807, 2.05) is 12.1 Å². The van der Waals surface area contributed by atoms with E-state index in [2.05, 4.69) is 56.1 Å². The highest BCUT2D eigenvalue weighted by Crippen LogP contribution is 2.20. The zero-order valence-corrected chi connectivity index (χ0v) is 11.3. The maximum Gasteiger partial charge on any atom is 0.0446 e. The van der Waals surface area contributed by atoms with E-state index in [-0.39, 0.29) is 0 Å². The number of hydrogen-bond donors (Lipinski definition) is 1. The Balaban J connectivity index is 2.21. The van der Waals surface area contributed by atoms with Crippen molar-refractivity contribution in [1.29, 1.82) is 0 Å². The van der Waals surface area contributed by atoms with Crippen LogP contribution < -0.4 is 10.6 Å². The third kappa shape index (κ3) is 2.83. The second-order valence-corrected chi connectivity index (χ2v) is 4.90. The largest absolute Gasteiger partial charge is 0.398 e. The molecule has 18 heavy (non-hydrogen) atoms. The van der Waals surface area contributed by atoms with Crippen molar-refractivity contribution in [2.75, 3.05) is 17.7 Å². The smallest absolute Gasteiger partial charge is 0.0446 e. The van der Waals surface area contributed by atoms with Crippen molar-refractivity contribution in [2.45, 2.75) is 20.4 Å². The summed E-state index contributed by atoms with van der Waals surface area (Å²) in [7, 11) is 2.09. The number of hydrogen-bond acceptors (Lipinski definition) is 2. The number of aryl methyl sites for hydroxylation is 2. The minimum Gasteiger partial charge on any atom is -0.398 e. The Morgan fingerprint density at radius 3 is 2.44 bits per heavy atom. The molecule has 0 fully saturated rings. The maximum atomic E-state index is 6.02. The quantitative estimate of drug-likeness (QED) is 0.832. The van der Waals surface area contributed by atoms with E-state index in [4.69, 9.17) is 5.73 Å². The van der Waals surface area contributed by atoms with Gasteiger partial charge in [-0.05, 0) is 43.2 Å². The lowest BCUT2D eigenvalue weighted by atomic mass is 10.1. The first-order valence-corrected chi connectivity index (χ1v) is 6.19. The summed E-state index contributed by atoms with van der Waals surface area (Å²) in [6.45, 7) is 5.03. The zero-order chi connectivity index (χ0) is 13.1. The molecule has 0 aliphatic rings. The first-order valence-electron chi connectivity index (χ1n) is 6.19. The molecule has 0 heterocycles. The summed E-state index contributed by atoms with van der Waals surface area (Å²) in [5, 5.41) is 0. The Hall–Kier alpha value is -1.96. The van der Waals surface area contributed by atoms with Crippen LogP contribution in [-0.4, -0.2) is 7.05 Å². The van der Waals surface area contributed by atoms with Crippen molar-refractivity contribution in [3.8, 4) is 0 Å². The number of rotatable bonds is 3. The van der Waals surface area contributed by atoms with Crippen molar-refractivity contribution < 1.29 is 0 Å². The first-order chi connectivity index (χ1) is 8.56. The molecule has 2 rings (SSSR count). The lowest BCUT2D eigenvalue weighted by Gasteiger charge is -2.21. The van der Waals surface area contributed by atoms with E-state index in [1.165, 1.54) is 22.4 Å². The summed E-state index contributed by atoms with van der Waals surface area (Å²) in [5.74, 6) is 0. The van der Waals surface area contributed by atoms with Gasteiger partial charge in [0.2, 0.25) is 0 Å². The van der Waals surface area contributed by atoms with Gasteiger partial charge in [0.25, 0.3) is 0 Å². The number of anilines is 2. The van der Waals surface area contributed by atoms with Gasteiger partial charge in [-0.3, -0.25) is 0 Å². The fourth-order valence-corrected chi connectivity index (χ4v) is 2.08. The molecule has 0 spiro atoms. The SMILES string of the molecule is Cc1cccc(N(C)Cc2cc(C)ccc2N)c1. The van der Waals surface area contributed by atoms with Crippen LogP contribution in [0.25, 0.3) is 0 Å². The fourth-order valence-electron chi connectivity index (χ4n) is 2.08. The van der Waals surface area contributed by atoms with Gasteiger partial charge in [-0.1, -0.05) is 29.8 Å². The minimum atomic E-state index is 0.830. The zero-order valence-electron chi connectivity index (χ0n) is 11.3. The highest BCUT2D eigenvalue weighted by molar-refractivity contribution is 5.53. The summed E-state index contributed by atoms with van der Waals surface area (Å²) >= 11 is 0. The molecule has 0 amide bonds. The molecule has 0 unspecified atom stereocenters. The van der Waals surface area contributed by atoms with Gasteiger partial charge in [-0.2, -0.15) is 0 Å². The molecule has 94 valence electrons. The standard InChI is InChI=1S/C16H20N2/c1-12-5-4-6-15(10-12)18(3)11-14-9-13(2)7-8-16(14)17/h4-10H,11,17H2,1-3H3. The monoisotopic (exact) mass is 240 g/mol. The van der Waals surface area contributed by atoms with Crippen LogP contribution in [0.1, 0.15) is 16.7 Å². The van der Waals surface area contributed by atoms with Crippen LogP contribution in [0.5, 0.6) is 0 Å². The van der Waals surface area contributed by atoms with Gasteiger partial charge >= 0.3 is 0 Å². The Bertz CT molecular complexity index is 547. The lowest BCUT2D eigenvalue weighted by Crippen LogP contribution is -2.17. The molecule has 2 aromatic carbocycles. The average molecular weight is 240 g/mol. The van der Waals surface area contributed by atoms with Crippen molar-refractivity contribution in [3.63, 3.8) is 0 Å². The molecule has 0 radical (unpaired) electrons. The van der Waals surface area contributed by atoms with Crippen molar-refractivity contribution >= 4 is 11.4 Å². The van der Waals surface area contributed by atoms with Crippen LogP contribution in [0.15, 0.2) is 42.5 Å². The van der Waals surface area contributed by atoms with Gasteiger partial charge in [-0.25, -0.2) is 0 Å². The van der Waals surface area contributed by atoms with Gasteiger partial charge in [0.05, 0.1) is 0 Å². The molecule has 2 N–H and O–H groups in total. The van der Waals surface area contributed by atoms with E-state index >= 15 is 0 Å². The predicted molar refractivity (Wildman–Crippen MR) is 78.9 cm³/mol. The molecule has 0 saturated heterocycles. The van der Waals surface area contributed by atoms with Crippen molar-refractivity contribution in [3.05, 3.63) is 59.2 Å². The van der Waals surface area contributed by atoms with Crippen LogP contribution in [0.2, 0.25) is 0 Å². The summed E-state index contributed by atoms with van der Waals surface area (Å²) in [4.78, 5) is 2.22. The minimum absolute atomic E-state index is 0.830. The summed E-state index contributed by atoms with van der Waals surface area (Å²) in [6.07, 6.45) is 0. The van der Waals surface area contributed by atoms with Crippen molar-refractivity contribution in [2.24, 2.45) is 0 Å². The molecular weight excluding hydrogens is 220 g/mol. The molecule has 0 saturated carbocycles. The van der Waals surface area contributed by atoms with Crippen LogP contribution in [0.3, 0.4) is 0 Å². The van der Waals surface area contributed by atoms with Gasteiger partial charge in [0.15, 0.2) is 0 Å². The summed E-state index contributed by atoms with van der Waals surface area (Å²) in [6, 6.07) is 14.7. The Kier molecular flexibility index (Phi) is 3.56. The first kappa shape index (κ1) is 12.5. The van der Waals surface area contributed by atoms with Gasteiger partial charge in [-0.15, -0.1) is 0 Å². The molecule has 0 aliphatic heterocycles. The van der Waals surface area contributed by atoms with E-state index in [0.717, 1.165) is 12.2 Å². The van der Waals surface area contributed by atoms with Crippen LogP contribution >= 0.6 is 0 Å². The molecule has 2 aromatic rings. The second kappa shape index (κ2) is 5.13. The fraction of sp³-hybridized carbons (Fsp3) is 0.250. The predicted octanol–water partition coefficient (Wildman–Crippen LogP) is 3.52. The number of nitrogen functional groups attached to an aromatic ring is 1. The maximum absolute atomic E-state index is 6.02. The van der Waals surface area contributed by atoms with Crippen LogP contribution in [-0.2, 0) is 6.54 Å². The summed E-state index contributed by atoms with van der Waals surface area (Å²) in [5.41, 5.74) is 11.8. The topological polar surface area (TPSA) is 29.3 Å². The Morgan fingerprint density at radius 2 is 1.72 bits per heavy atom. The highest BCUT2D eigenvalue weighted by Gasteiger charge is 2.05. The van der Waals surface area contributed by atoms with E-state index in [0.29, 0.717) is 0 Å². The van der Waals surface area contributed by atoms with Crippen LogP contribution in [0, 0.1) is 13.8 Å². The summed E-state index contributed by atoms with van der Waals surface area (Å²) < 4.78 is 0. The molecular formula is C16H20N2. The van der Waals surface area contributed by atoms with E-state index in [1.54, 1.807) is 0 Å². The average Bonchev–Trinajstić information content (AvgIpc) is 2.34.